The zero-order valence-electron chi connectivity index (χ0n) is 23.7. The Morgan fingerprint density at radius 3 is 2.36 bits per heavy atom. The van der Waals surface area contributed by atoms with Crippen LogP contribution in [0.5, 0.6) is 11.5 Å². The lowest BCUT2D eigenvalue weighted by molar-refractivity contribution is -0.156. The maximum atomic E-state index is 15.6. The fourth-order valence-corrected chi connectivity index (χ4v) is 5.09. The number of nitrogens with one attached hydrogen (secondary N) is 1. The third-order valence-electron chi connectivity index (χ3n) is 6.66. The van der Waals surface area contributed by atoms with Gasteiger partial charge in [0.25, 0.3) is 11.5 Å². The molecule has 0 radical (unpaired) electrons. The van der Waals surface area contributed by atoms with E-state index in [1.807, 2.05) is 0 Å². The minimum absolute atomic E-state index is 0.0240. The maximum absolute atomic E-state index is 15.6. The minimum atomic E-state index is -2.00. The van der Waals surface area contributed by atoms with Crippen LogP contribution in [0.2, 0.25) is 15.1 Å². The first kappa shape index (κ1) is 33.7. The van der Waals surface area contributed by atoms with Gasteiger partial charge in [0.1, 0.15) is 11.1 Å². The van der Waals surface area contributed by atoms with Gasteiger partial charge >= 0.3 is 11.7 Å². The summed E-state index contributed by atoms with van der Waals surface area (Å²) < 4.78 is 38.5. The number of benzene rings is 1. The molecule has 1 aliphatic rings. The number of esters is 1. The van der Waals surface area contributed by atoms with Gasteiger partial charge in [-0.15, -0.1) is 0 Å². The Hall–Kier alpha value is -2.84. The normalized spacial score (nSPS) is 21.6. The second-order valence-electron chi connectivity index (χ2n) is 9.94. The summed E-state index contributed by atoms with van der Waals surface area (Å²) in [6.07, 6.45) is -6.00. The average Bonchev–Trinajstić information content (AvgIpc) is 3.20. The van der Waals surface area contributed by atoms with Crippen molar-refractivity contribution in [2.45, 2.75) is 77.8 Å². The fraction of sp³-hybridized carbons (Fsp3) is 0.538. The van der Waals surface area contributed by atoms with Crippen LogP contribution in [0.15, 0.2) is 21.9 Å². The summed E-state index contributed by atoms with van der Waals surface area (Å²) >= 11 is 18.5. The van der Waals surface area contributed by atoms with Crippen LogP contribution in [0.25, 0.3) is 0 Å². The summed E-state index contributed by atoms with van der Waals surface area (Å²) in [5, 5.41) is -0.0212. The van der Waals surface area contributed by atoms with Gasteiger partial charge in [-0.25, -0.2) is 9.18 Å². The van der Waals surface area contributed by atoms with Crippen molar-refractivity contribution in [1.82, 2.24) is 9.24 Å². The smallest absolute Gasteiger partial charge is 0.352 e. The second-order valence-corrected chi connectivity index (χ2v) is 11.1. The van der Waals surface area contributed by atoms with Crippen molar-refractivity contribution >= 4 is 46.7 Å². The molecule has 1 aromatic heterocycles. The largest absolute Gasteiger partial charge is 0.493 e. The average molecular weight is 654 g/mol. The van der Waals surface area contributed by atoms with E-state index in [0.717, 1.165) is 10.8 Å². The number of aromatic nitrogens is 2. The maximum Gasteiger partial charge on any atom is 0.352 e. The number of hydrogen-bond acceptors (Lipinski definition) is 9. The quantitative estimate of drug-likeness (QED) is 0.368. The highest BCUT2D eigenvalue weighted by Gasteiger charge is 2.47. The first-order valence-corrected chi connectivity index (χ1v) is 14.1. The van der Waals surface area contributed by atoms with E-state index >= 15 is 4.39 Å². The van der Waals surface area contributed by atoms with Gasteiger partial charge in [0.15, 0.2) is 36.1 Å². The van der Waals surface area contributed by atoms with Crippen molar-refractivity contribution < 1.29 is 32.9 Å². The number of nitrogens with zero attached hydrogens (tertiary/aromatic N) is 2. The van der Waals surface area contributed by atoms with E-state index in [9.17, 15) is 19.2 Å². The predicted octanol–water partition coefficient (Wildman–Crippen LogP) is 3.23. The Bertz CT molecular complexity index is 1470. The predicted molar refractivity (Wildman–Crippen MR) is 154 cm³/mol. The van der Waals surface area contributed by atoms with Gasteiger partial charge in [-0.3, -0.25) is 24.4 Å². The zero-order valence-corrected chi connectivity index (χ0v) is 25.9. The molecular formula is C26H32Cl3FN4O8. The van der Waals surface area contributed by atoms with Crippen molar-refractivity contribution in [3.05, 3.63) is 53.7 Å². The summed E-state index contributed by atoms with van der Waals surface area (Å²) in [7, 11) is 1.32. The molecule has 1 saturated heterocycles. The molecule has 1 fully saturated rings. The summed E-state index contributed by atoms with van der Waals surface area (Å²) in [5.74, 6) is -2.09. The van der Waals surface area contributed by atoms with Crippen LogP contribution in [0, 0.1) is 5.92 Å². The number of aryl methyl sites for hydroxylation is 1. The molecule has 6 atom stereocenters. The summed E-state index contributed by atoms with van der Waals surface area (Å²) in [4.78, 5) is 51.8. The number of nitrogens with two attached hydrogens (primary N) is 1. The van der Waals surface area contributed by atoms with Crippen LogP contribution >= 0.6 is 34.8 Å². The van der Waals surface area contributed by atoms with E-state index in [1.165, 1.54) is 27.0 Å². The number of methoxy groups -OCH3 is 1. The highest BCUT2D eigenvalue weighted by molar-refractivity contribution is 6.42. The lowest BCUT2D eigenvalue weighted by Crippen LogP contribution is -2.51. The third kappa shape index (κ3) is 6.70. The molecule has 3 N–H and O–H groups in total. The highest BCUT2D eigenvalue weighted by atomic mass is 35.5. The number of ether oxygens (including phenoxy) is 4. The van der Waals surface area contributed by atoms with Crippen molar-refractivity contribution in [2.75, 3.05) is 12.5 Å². The minimum Gasteiger partial charge on any atom is -0.493 e. The Kier molecular flexibility index (Phi) is 10.9. The molecule has 12 nitrogen and oxygen atoms in total. The molecule has 0 spiro atoms. The number of carbonyl (C=O) groups is 2. The van der Waals surface area contributed by atoms with Crippen molar-refractivity contribution in [3.8, 4) is 11.5 Å². The van der Waals surface area contributed by atoms with Gasteiger partial charge in [-0.1, -0.05) is 55.6 Å². The van der Waals surface area contributed by atoms with Crippen molar-refractivity contribution in [1.29, 1.82) is 0 Å². The van der Waals surface area contributed by atoms with Crippen LogP contribution in [0.4, 0.5) is 4.39 Å². The Labute approximate surface area is 255 Å². The highest BCUT2D eigenvalue weighted by Crippen LogP contribution is 2.45. The molecule has 1 unspecified atom stereocenters. The van der Waals surface area contributed by atoms with Gasteiger partial charge in [0.05, 0.1) is 23.3 Å². The van der Waals surface area contributed by atoms with Gasteiger partial charge < -0.3 is 24.7 Å². The molecule has 16 heteroatoms. The van der Waals surface area contributed by atoms with Crippen LogP contribution in [-0.4, -0.2) is 58.8 Å². The first-order valence-electron chi connectivity index (χ1n) is 13.0. The Morgan fingerprint density at radius 2 is 1.79 bits per heavy atom. The lowest BCUT2D eigenvalue weighted by Gasteiger charge is -2.22. The lowest BCUT2D eigenvalue weighted by atomic mass is 10.1. The van der Waals surface area contributed by atoms with E-state index in [2.05, 4.69) is 5.43 Å². The van der Waals surface area contributed by atoms with E-state index in [-0.39, 0.29) is 44.5 Å². The second kappa shape index (κ2) is 13.6. The number of rotatable bonds is 10. The molecular weight excluding hydrogens is 622 g/mol. The van der Waals surface area contributed by atoms with E-state index in [1.54, 1.807) is 20.8 Å². The van der Waals surface area contributed by atoms with Crippen molar-refractivity contribution in [3.63, 3.8) is 0 Å². The van der Waals surface area contributed by atoms with Crippen LogP contribution in [-0.2, 0) is 25.5 Å². The summed E-state index contributed by atoms with van der Waals surface area (Å²) in [5.41, 5.74) is 6.11. The van der Waals surface area contributed by atoms with Gasteiger partial charge in [0, 0.05) is 11.8 Å². The molecule has 0 aliphatic carbocycles. The van der Waals surface area contributed by atoms with Crippen LogP contribution < -0.4 is 31.9 Å². The van der Waals surface area contributed by atoms with Crippen molar-refractivity contribution in [2.24, 2.45) is 11.7 Å². The number of alkyl halides is 1. The molecule has 2 heterocycles. The molecule has 3 rings (SSSR count). The van der Waals surface area contributed by atoms with E-state index in [4.69, 9.17) is 59.5 Å². The van der Waals surface area contributed by atoms with E-state index < -0.39 is 59.9 Å². The number of halogens is 4. The molecule has 232 valence electrons. The summed E-state index contributed by atoms with van der Waals surface area (Å²) in [6.45, 7) is 7.83. The molecule has 2 aromatic rings. The first-order chi connectivity index (χ1) is 19.6. The molecule has 42 heavy (non-hydrogen) atoms. The monoisotopic (exact) mass is 652 g/mol. The van der Waals surface area contributed by atoms with Crippen LogP contribution in [0.1, 0.15) is 46.4 Å². The third-order valence-corrected chi connectivity index (χ3v) is 7.57. The topological polar surface area (TPSA) is 153 Å². The van der Waals surface area contributed by atoms with Gasteiger partial charge in [-0.2, -0.15) is 4.68 Å². The number of hydrogen-bond donors (Lipinski definition) is 2. The fourth-order valence-electron chi connectivity index (χ4n) is 4.09. The number of amides is 1. The number of carbonyl (C=O) groups excluding carboxylic acids is 2. The van der Waals surface area contributed by atoms with Crippen LogP contribution in [0.3, 0.4) is 0 Å². The molecule has 1 aromatic carbocycles. The molecule has 0 saturated carbocycles. The SMILES string of the molecule is CCc1cn([C@@H]2O[C@H](C)[C@@H](OC(=O)[C@@H](N)C(C)C)[C@@H]2F)c(=O)n(NC(=O)C(C)Oc2c(Cl)cc(Cl)c(OC)c2Cl)c1=O. The Morgan fingerprint density at radius 1 is 1.17 bits per heavy atom. The standard InChI is InChI=1S/C26H32Cl3FN4O8/c1-7-13-9-33(24-17(30)19(11(4)41-24)42-25(37)18(31)10(2)3)26(38)34(23(13)36)32-22(35)12(5)40-21-15(28)8-14(27)20(39-6)16(21)29/h8-12,17-19,24H,7,31H2,1-6H3,(H,32,35)/t11-,12?,17+,18+,19-,24-/m1/s1. The van der Waals surface area contributed by atoms with E-state index in [0.29, 0.717) is 4.68 Å². The zero-order chi connectivity index (χ0) is 31.6. The van der Waals surface area contributed by atoms with Gasteiger partial charge in [0.2, 0.25) is 0 Å². The molecule has 1 amide bonds. The van der Waals surface area contributed by atoms with Gasteiger partial charge in [-0.05, 0) is 32.3 Å². The Balaban J connectivity index is 1.91. The molecule has 1 aliphatic heterocycles. The molecule has 0 bridgehead atoms. The summed E-state index contributed by atoms with van der Waals surface area (Å²) in [6, 6.07) is 0.316.